The summed E-state index contributed by atoms with van der Waals surface area (Å²) in [5.74, 6) is -0.160. The van der Waals surface area contributed by atoms with E-state index in [4.69, 9.17) is 9.47 Å². The summed E-state index contributed by atoms with van der Waals surface area (Å²) in [6.45, 7) is 0.929. The van der Waals surface area contributed by atoms with Crippen LogP contribution in [0.5, 0.6) is 0 Å². The molecule has 192 valence electrons. The van der Waals surface area contributed by atoms with Gasteiger partial charge in [-0.15, -0.1) is 11.8 Å². The number of anilines is 1. The number of benzene rings is 2. The monoisotopic (exact) mass is 520 g/mol. The normalized spacial score (nSPS) is 16.7. The van der Waals surface area contributed by atoms with Gasteiger partial charge in [-0.1, -0.05) is 30.3 Å². The summed E-state index contributed by atoms with van der Waals surface area (Å²) < 4.78 is 10.5. The Morgan fingerprint density at radius 1 is 1.03 bits per heavy atom. The third-order valence-corrected chi connectivity index (χ3v) is 7.04. The van der Waals surface area contributed by atoms with Crippen LogP contribution in [0.25, 0.3) is 0 Å². The third-order valence-electron chi connectivity index (χ3n) is 5.72. The lowest BCUT2D eigenvalue weighted by Crippen LogP contribution is -2.45. The van der Waals surface area contributed by atoms with Crippen LogP contribution in [0.15, 0.2) is 79.1 Å². The zero-order valence-electron chi connectivity index (χ0n) is 20.3. The highest BCUT2D eigenvalue weighted by Crippen LogP contribution is 2.42. The molecular formula is C27H28N4O5S. The number of hydrogen-bond acceptors (Lipinski definition) is 7. The van der Waals surface area contributed by atoms with Crippen LogP contribution in [0.3, 0.4) is 0 Å². The number of hydrogen-bond donors (Lipinski definition) is 2. The van der Waals surface area contributed by atoms with Crippen LogP contribution in [0.4, 0.5) is 10.5 Å². The number of ether oxygens (including phenoxy) is 2. The molecule has 2 heterocycles. The summed E-state index contributed by atoms with van der Waals surface area (Å²) >= 11 is 1.49. The molecule has 3 aromatic rings. The van der Waals surface area contributed by atoms with Crippen LogP contribution in [-0.4, -0.2) is 59.8 Å². The zero-order valence-corrected chi connectivity index (χ0v) is 21.1. The highest BCUT2D eigenvalue weighted by Gasteiger charge is 2.43. The van der Waals surface area contributed by atoms with E-state index >= 15 is 0 Å². The number of carbonyl (C=O) groups excluding carboxylic acids is 3. The standard InChI is InChI=1S/C27H28N4O5S/c1-35-16-15-29-24(32)20-7-9-22(10-8-20)30-25(33)23-18-37-26(21-11-13-28-14-12-21)31(23)27(34)36-17-19-5-3-2-4-6-19/h2-14,23,26H,15-18H2,1H3,(H,29,32)(H,30,33)/t23-,26?/m0/s1. The Morgan fingerprint density at radius 3 is 2.46 bits per heavy atom. The smallest absolute Gasteiger partial charge is 0.412 e. The Bertz CT molecular complexity index is 1190. The highest BCUT2D eigenvalue weighted by atomic mass is 32.2. The topological polar surface area (TPSA) is 110 Å². The van der Waals surface area contributed by atoms with Crippen molar-refractivity contribution in [3.8, 4) is 0 Å². The Balaban J connectivity index is 1.45. The van der Waals surface area contributed by atoms with Crippen molar-refractivity contribution in [2.45, 2.75) is 18.0 Å². The first-order chi connectivity index (χ1) is 18.1. The molecule has 1 unspecified atom stereocenters. The second kappa shape index (κ2) is 12.9. The molecule has 9 nitrogen and oxygen atoms in total. The second-order valence-corrected chi connectivity index (χ2v) is 9.36. The summed E-state index contributed by atoms with van der Waals surface area (Å²) in [5, 5.41) is 5.23. The van der Waals surface area contributed by atoms with Crippen LogP contribution in [0, 0.1) is 0 Å². The fraction of sp³-hybridized carbons (Fsp3) is 0.259. The van der Waals surface area contributed by atoms with Gasteiger partial charge in [0.05, 0.1) is 6.61 Å². The van der Waals surface area contributed by atoms with Crippen molar-refractivity contribution in [3.63, 3.8) is 0 Å². The molecule has 0 radical (unpaired) electrons. The van der Waals surface area contributed by atoms with E-state index in [2.05, 4.69) is 15.6 Å². The summed E-state index contributed by atoms with van der Waals surface area (Å²) in [6.07, 6.45) is 2.74. The number of thioether (sulfide) groups is 1. The van der Waals surface area contributed by atoms with E-state index in [0.717, 1.165) is 11.1 Å². The van der Waals surface area contributed by atoms with E-state index in [9.17, 15) is 14.4 Å². The molecule has 2 N–H and O–H groups in total. The van der Waals surface area contributed by atoms with Gasteiger partial charge in [-0.3, -0.25) is 19.5 Å². The van der Waals surface area contributed by atoms with Crippen molar-refractivity contribution in [2.24, 2.45) is 0 Å². The van der Waals surface area contributed by atoms with E-state index in [-0.39, 0.29) is 23.8 Å². The maximum Gasteiger partial charge on any atom is 0.412 e. The largest absolute Gasteiger partial charge is 0.444 e. The summed E-state index contributed by atoms with van der Waals surface area (Å²) in [6, 6.07) is 18.9. The van der Waals surface area contributed by atoms with Gasteiger partial charge in [-0.2, -0.15) is 0 Å². The second-order valence-electron chi connectivity index (χ2n) is 8.24. The van der Waals surface area contributed by atoms with Crippen LogP contribution < -0.4 is 10.6 Å². The quantitative estimate of drug-likeness (QED) is 0.413. The van der Waals surface area contributed by atoms with Gasteiger partial charge in [0.2, 0.25) is 5.91 Å². The molecule has 10 heteroatoms. The van der Waals surface area contributed by atoms with Crippen LogP contribution >= 0.6 is 11.8 Å². The molecule has 1 aromatic heterocycles. The van der Waals surface area contributed by atoms with Gasteiger partial charge in [-0.25, -0.2) is 4.79 Å². The van der Waals surface area contributed by atoms with Crippen LogP contribution in [0.1, 0.15) is 26.9 Å². The molecule has 2 aromatic carbocycles. The number of aromatic nitrogens is 1. The zero-order chi connectivity index (χ0) is 26.0. The summed E-state index contributed by atoms with van der Waals surface area (Å²) in [5.41, 5.74) is 2.70. The van der Waals surface area contributed by atoms with Gasteiger partial charge >= 0.3 is 6.09 Å². The fourth-order valence-electron chi connectivity index (χ4n) is 3.81. The van der Waals surface area contributed by atoms with E-state index < -0.39 is 12.1 Å². The molecule has 2 atom stereocenters. The van der Waals surface area contributed by atoms with Crippen molar-refractivity contribution in [1.29, 1.82) is 0 Å². The van der Waals surface area contributed by atoms with Gasteiger partial charge in [0.1, 0.15) is 18.0 Å². The maximum absolute atomic E-state index is 13.3. The first kappa shape index (κ1) is 26.2. The molecule has 1 saturated heterocycles. The minimum atomic E-state index is -0.747. The van der Waals surface area contributed by atoms with Crippen molar-refractivity contribution in [3.05, 3.63) is 95.8 Å². The molecule has 0 aliphatic carbocycles. The minimum Gasteiger partial charge on any atom is -0.444 e. The molecule has 37 heavy (non-hydrogen) atoms. The lowest BCUT2D eigenvalue weighted by atomic mass is 10.1. The first-order valence-corrected chi connectivity index (χ1v) is 12.8. The molecular weight excluding hydrogens is 492 g/mol. The molecule has 3 amide bonds. The number of amides is 3. The Labute approximate surface area is 219 Å². The van der Waals surface area contributed by atoms with Gasteiger partial charge in [0.15, 0.2) is 0 Å². The van der Waals surface area contributed by atoms with E-state index in [1.54, 1.807) is 43.8 Å². The van der Waals surface area contributed by atoms with Crippen molar-refractivity contribution >= 4 is 35.4 Å². The Morgan fingerprint density at radius 2 is 1.76 bits per heavy atom. The Hall–Kier alpha value is -3.89. The third kappa shape index (κ3) is 6.87. The SMILES string of the molecule is COCCNC(=O)c1ccc(NC(=O)[C@@H]2CSC(c3ccncc3)N2C(=O)OCc2ccccc2)cc1. The number of methoxy groups -OCH3 is 1. The fourth-order valence-corrected chi connectivity index (χ4v) is 5.23. The highest BCUT2D eigenvalue weighted by molar-refractivity contribution is 7.99. The van der Waals surface area contributed by atoms with Crippen molar-refractivity contribution < 1.29 is 23.9 Å². The lowest BCUT2D eigenvalue weighted by molar-refractivity contribution is -0.120. The van der Waals surface area contributed by atoms with Gasteiger partial charge in [-0.05, 0) is 47.5 Å². The minimum absolute atomic E-state index is 0.103. The number of carbonyl (C=O) groups is 3. The average Bonchev–Trinajstić information content (AvgIpc) is 3.39. The first-order valence-electron chi connectivity index (χ1n) is 11.8. The number of nitrogens with one attached hydrogen (secondary N) is 2. The predicted octanol–water partition coefficient (Wildman–Crippen LogP) is 3.85. The molecule has 0 saturated carbocycles. The molecule has 1 aliphatic rings. The van der Waals surface area contributed by atoms with E-state index in [1.807, 2.05) is 42.5 Å². The molecule has 0 bridgehead atoms. The number of rotatable bonds is 9. The van der Waals surface area contributed by atoms with Gasteiger partial charge in [0.25, 0.3) is 5.91 Å². The molecule has 1 fully saturated rings. The summed E-state index contributed by atoms with van der Waals surface area (Å²) in [4.78, 5) is 44.3. The Kier molecular flexibility index (Phi) is 9.12. The number of nitrogens with zero attached hydrogens (tertiary/aromatic N) is 2. The van der Waals surface area contributed by atoms with Crippen LogP contribution in [-0.2, 0) is 20.9 Å². The number of pyridine rings is 1. The van der Waals surface area contributed by atoms with Crippen molar-refractivity contribution in [2.75, 3.05) is 31.3 Å². The molecule has 4 rings (SSSR count). The average molecular weight is 521 g/mol. The maximum atomic E-state index is 13.3. The van der Waals surface area contributed by atoms with E-state index in [0.29, 0.717) is 30.2 Å². The van der Waals surface area contributed by atoms with Crippen LogP contribution in [0.2, 0.25) is 0 Å². The summed E-state index contributed by atoms with van der Waals surface area (Å²) in [7, 11) is 1.57. The molecule has 1 aliphatic heterocycles. The van der Waals surface area contributed by atoms with Gasteiger partial charge < -0.3 is 20.1 Å². The predicted molar refractivity (Wildman–Crippen MR) is 141 cm³/mol. The van der Waals surface area contributed by atoms with E-state index in [1.165, 1.54) is 16.7 Å². The lowest BCUT2D eigenvalue weighted by Gasteiger charge is -2.28. The van der Waals surface area contributed by atoms with Crippen molar-refractivity contribution in [1.82, 2.24) is 15.2 Å². The molecule has 0 spiro atoms. The van der Waals surface area contributed by atoms with Gasteiger partial charge in [0, 0.05) is 43.1 Å².